The van der Waals surface area contributed by atoms with Gasteiger partial charge in [0, 0.05) is 12.7 Å². The summed E-state index contributed by atoms with van der Waals surface area (Å²) in [6.45, 7) is 0. The summed E-state index contributed by atoms with van der Waals surface area (Å²) in [6, 6.07) is 8.60. The zero-order valence-corrected chi connectivity index (χ0v) is 13.3. The van der Waals surface area contributed by atoms with Gasteiger partial charge in [0.15, 0.2) is 0 Å². The van der Waals surface area contributed by atoms with E-state index >= 15 is 0 Å². The number of carboxylic acid groups (broad SMARTS) is 1. The molecule has 0 atom stereocenters. The topological polar surface area (TPSA) is 60.4 Å². The maximum Gasteiger partial charge on any atom is 1.00 e. The first kappa shape index (κ1) is 17.5. The number of hydrogen-bond donors (Lipinski definition) is 0. The number of rotatable bonds is 3. The molecule has 1 rings (SSSR count). The number of likely N-dealkylation sites (N-methyl/N-ethyl adjacent to an activating group) is 1. The number of nitrogens with zero attached hydrogens (tertiary/aromatic N) is 1. The van der Waals surface area contributed by atoms with Crippen LogP contribution in [0.25, 0.3) is 0 Å². The molecule has 0 saturated heterocycles. The Morgan fingerprint density at radius 2 is 1.61 bits per heavy atom. The van der Waals surface area contributed by atoms with Crippen molar-refractivity contribution in [2.24, 2.45) is 0 Å². The Morgan fingerprint density at radius 1 is 1.11 bits per heavy atom. The van der Waals surface area contributed by atoms with Gasteiger partial charge in [-0.25, -0.2) is 0 Å². The average Bonchev–Trinajstić information content (AvgIpc) is 2.36. The van der Waals surface area contributed by atoms with Gasteiger partial charge in [0.05, 0.1) is 11.0 Å². The van der Waals surface area contributed by atoms with E-state index in [0.717, 1.165) is 0 Å². The minimum Gasteiger partial charge on any atom is -0.544 e. The second-order valence-electron chi connectivity index (χ2n) is 3.12. The third kappa shape index (κ3) is 4.30. The standard InChI is InChI=1S/C11H9Cl2NO3.Na/c1-14(7-5-3-2-4-6-7)10(15)8(12)9(13)11(16)17;/h2-6H,1H3,(H,16,17);/q;+1/p-1/b9-8+;. The Labute approximate surface area is 136 Å². The molecule has 0 saturated carbocycles. The quantitative estimate of drug-likeness (QED) is 0.483. The molecule has 4 nitrogen and oxygen atoms in total. The SMILES string of the molecule is CN(C(=O)/C(Cl)=C(\Cl)C(=O)[O-])c1ccccc1.[Na+]. The van der Waals surface area contributed by atoms with Crippen molar-refractivity contribution in [2.45, 2.75) is 0 Å². The monoisotopic (exact) mass is 295 g/mol. The van der Waals surface area contributed by atoms with E-state index in [2.05, 4.69) is 0 Å². The summed E-state index contributed by atoms with van der Waals surface area (Å²) in [4.78, 5) is 23.4. The number of amides is 1. The van der Waals surface area contributed by atoms with Crippen LogP contribution in [0.3, 0.4) is 0 Å². The number of carboxylic acids is 1. The van der Waals surface area contributed by atoms with Gasteiger partial charge in [-0.05, 0) is 12.1 Å². The van der Waals surface area contributed by atoms with Crippen molar-refractivity contribution in [2.75, 3.05) is 11.9 Å². The molecule has 0 radical (unpaired) electrons. The summed E-state index contributed by atoms with van der Waals surface area (Å²) in [6.07, 6.45) is 0. The van der Waals surface area contributed by atoms with Gasteiger partial charge < -0.3 is 14.8 Å². The predicted octanol–water partition coefficient (Wildman–Crippen LogP) is -1.91. The van der Waals surface area contributed by atoms with E-state index in [9.17, 15) is 14.7 Å². The number of para-hydroxylation sites is 1. The number of anilines is 1. The molecule has 1 aromatic rings. The predicted molar refractivity (Wildman–Crippen MR) is 63.6 cm³/mol. The van der Waals surface area contributed by atoms with E-state index in [-0.39, 0.29) is 29.6 Å². The Bertz CT molecular complexity index is 476. The molecule has 0 N–H and O–H groups in total. The molecule has 0 fully saturated rings. The summed E-state index contributed by atoms with van der Waals surface area (Å²) in [5.41, 5.74) is 0.568. The van der Waals surface area contributed by atoms with Gasteiger partial charge in [-0.3, -0.25) is 4.79 Å². The molecule has 7 heteroatoms. The van der Waals surface area contributed by atoms with Gasteiger partial charge in [-0.2, -0.15) is 0 Å². The second kappa shape index (κ2) is 7.81. The molecule has 0 heterocycles. The van der Waals surface area contributed by atoms with Crippen molar-refractivity contribution in [1.29, 1.82) is 0 Å². The van der Waals surface area contributed by atoms with Crippen LogP contribution in [0.1, 0.15) is 0 Å². The summed E-state index contributed by atoms with van der Waals surface area (Å²) in [5, 5.41) is 9.06. The van der Waals surface area contributed by atoms with Crippen molar-refractivity contribution in [3.05, 3.63) is 40.4 Å². The summed E-state index contributed by atoms with van der Waals surface area (Å²) >= 11 is 10.9. The van der Waals surface area contributed by atoms with Crippen molar-refractivity contribution in [3.63, 3.8) is 0 Å². The summed E-state index contributed by atoms with van der Waals surface area (Å²) in [5.74, 6) is -2.40. The second-order valence-corrected chi connectivity index (χ2v) is 3.87. The minimum atomic E-state index is -1.69. The van der Waals surface area contributed by atoms with Gasteiger partial charge in [0.25, 0.3) is 5.91 Å². The fourth-order valence-corrected chi connectivity index (χ4v) is 1.38. The average molecular weight is 296 g/mol. The Morgan fingerprint density at radius 3 is 2.06 bits per heavy atom. The van der Waals surface area contributed by atoms with Crippen molar-refractivity contribution >= 4 is 40.8 Å². The number of hydrogen-bond acceptors (Lipinski definition) is 3. The van der Waals surface area contributed by atoms with E-state index in [1.54, 1.807) is 30.3 Å². The Hall–Kier alpha value is -0.520. The molecule has 0 aromatic heterocycles. The minimum absolute atomic E-state index is 0. The largest absolute Gasteiger partial charge is 1.00 e. The fraction of sp³-hybridized carbons (Fsp3) is 0.0909. The van der Waals surface area contributed by atoms with Crippen LogP contribution in [0.2, 0.25) is 0 Å². The van der Waals surface area contributed by atoms with Gasteiger partial charge in [-0.1, -0.05) is 41.4 Å². The molecule has 1 amide bonds. The first-order chi connectivity index (χ1) is 7.95. The molecule has 0 unspecified atom stereocenters. The third-order valence-corrected chi connectivity index (χ3v) is 2.80. The van der Waals surface area contributed by atoms with E-state index < -0.39 is 21.9 Å². The van der Waals surface area contributed by atoms with E-state index in [4.69, 9.17) is 23.2 Å². The van der Waals surface area contributed by atoms with E-state index in [1.165, 1.54) is 11.9 Å². The first-order valence-corrected chi connectivity index (χ1v) is 5.30. The van der Waals surface area contributed by atoms with E-state index in [0.29, 0.717) is 5.69 Å². The zero-order valence-electron chi connectivity index (χ0n) is 9.81. The number of carbonyl (C=O) groups excluding carboxylic acids is 2. The van der Waals surface area contributed by atoms with Crippen molar-refractivity contribution < 1.29 is 44.3 Å². The molecule has 0 spiro atoms. The third-order valence-electron chi connectivity index (χ3n) is 2.01. The molecule has 1 aromatic carbocycles. The molecule has 0 aliphatic rings. The maximum atomic E-state index is 11.7. The van der Waals surface area contributed by atoms with Gasteiger partial charge >= 0.3 is 29.6 Å². The summed E-state index contributed by atoms with van der Waals surface area (Å²) in [7, 11) is 1.46. The normalized spacial score (nSPS) is 11.1. The van der Waals surface area contributed by atoms with Crippen LogP contribution in [0.5, 0.6) is 0 Å². The van der Waals surface area contributed by atoms with E-state index in [1.807, 2.05) is 0 Å². The number of aliphatic carboxylic acids is 1. The van der Waals surface area contributed by atoms with Gasteiger partial charge in [0.1, 0.15) is 5.03 Å². The summed E-state index contributed by atoms with van der Waals surface area (Å²) < 4.78 is 0. The van der Waals surface area contributed by atoms with Crippen LogP contribution in [0.4, 0.5) is 5.69 Å². The molecular weight excluding hydrogens is 288 g/mol. The molecule has 0 aliphatic carbocycles. The van der Waals surface area contributed by atoms with Crippen LogP contribution in [-0.4, -0.2) is 18.9 Å². The van der Waals surface area contributed by atoms with Crippen LogP contribution in [0, 0.1) is 0 Å². The fourth-order valence-electron chi connectivity index (χ4n) is 1.10. The zero-order chi connectivity index (χ0) is 13.0. The molecule has 18 heavy (non-hydrogen) atoms. The smallest absolute Gasteiger partial charge is 0.544 e. The van der Waals surface area contributed by atoms with Crippen molar-refractivity contribution in [1.82, 2.24) is 0 Å². The Balaban J connectivity index is 0.00000289. The van der Waals surface area contributed by atoms with Crippen LogP contribution >= 0.6 is 23.2 Å². The number of halogens is 2. The first-order valence-electron chi connectivity index (χ1n) is 4.55. The maximum absolute atomic E-state index is 11.7. The molecule has 0 aliphatic heterocycles. The van der Waals surface area contributed by atoms with Crippen LogP contribution in [0.15, 0.2) is 40.4 Å². The number of carbonyl (C=O) groups is 2. The molecule has 90 valence electrons. The Kier molecular flexibility index (Phi) is 7.59. The molecule has 0 bridgehead atoms. The van der Waals surface area contributed by atoms with Gasteiger partial charge in [0.2, 0.25) is 0 Å². The van der Waals surface area contributed by atoms with Gasteiger partial charge in [-0.15, -0.1) is 0 Å². The number of benzene rings is 1. The van der Waals surface area contributed by atoms with Crippen LogP contribution < -0.4 is 39.6 Å². The van der Waals surface area contributed by atoms with Crippen molar-refractivity contribution in [3.8, 4) is 0 Å². The van der Waals surface area contributed by atoms with Crippen LogP contribution in [-0.2, 0) is 9.59 Å². The molecular formula is C11H8Cl2NNaO3.